The molecule has 0 saturated heterocycles. The van der Waals surface area contributed by atoms with Gasteiger partial charge in [0, 0.05) is 12.6 Å². The molecule has 0 heterocycles. The summed E-state index contributed by atoms with van der Waals surface area (Å²) in [6.45, 7) is 5.14. The van der Waals surface area contributed by atoms with Crippen molar-refractivity contribution in [2.75, 3.05) is 18.8 Å². The molecule has 2 N–H and O–H groups in total. The minimum absolute atomic E-state index is 0.0179. The van der Waals surface area contributed by atoms with Crippen molar-refractivity contribution in [1.29, 1.82) is 0 Å². The van der Waals surface area contributed by atoms with Crippen LogP contribution in [0.3, 0.4) is 0 Å². The molecule has 18 heavy (non-hydrogen) atoms. The lowest BCUT2D eigenvalue weighted by Crippen LogP contribution is -2.44. The Balaban J connectivity index is 2.62. The van der Waals surface area contributed by atoms with Gasteiger partial charge in [-0.25, -0.2) is 8.42 Å². The summed E-state index contributed by atoms with van der Waals surface area (Å²) in [6, 6.07) is 0.0179. The van der Waals surface area contributed by atoms with Crippen molar-refractivity contribution in [1.82, 2.24) is 10.6 Å². The fourth-order valence-corrected chi connectivity index (χ4v) is 4.40. The molecule has 0 aliphatic heterocycles. The summed E-state index contributed by atoms with van der Waals surface area (Å²) in [6.07, 6.45) is 3.46. The standard InChI is InChI=1S/C12H24N2O3S/c1-3-8-14-10-6-5-7-11(10)18(16,17)9-12(15)13-4-2/h10-11,14H,3-9H2,1-2H3,(H,13,15). The quantitative estimate of drug-likeness (QED) is 0.708. The summed E-state index contributed by atoms with van der Waals surface area (Å²) >= 11 is 0. The largest absolute Gasteiger partial charge is 0.356 e. The zero-order chi connectivity index (χ0) is 13.6. The van der Waals surface area contributed by atoms with Crippen molar-refractivity contribution in [3.05, 3.63) is 0 Å². The normalized spacial score (nSPS) is 24.1. The van der Waals surface area contributed by atoms with E-state index in [-0.39, 0.29) is 11.8 Å². The van der Waals surface area contributed by atoms with Crippen molar-refractivity contribution in [2.24, 2.45) is 0 Å². The number of rotatable bonds is 7. The minimum Gasteiger partial charge on any atom is -0.356 e. The third-order valence-corrected chi connectivity index (χ3v) is 5.43. The second kappa shape index (κ2) is 7.09. The highest BCUT2D eigenvalue weighted by Gasteiger charge is 2.37. The molecule has 2 unspecified atom stereocenters. The third-order valence-electron chi connectivity index (χ3n) is 3.28. The molecule has 1 amide bonds. The summed E-state index contributed by atoms with van der Waals surface area (Å²) in [5, 5.41) is 5.43. The highest BCUT2D eigenvalue weighted by Crippen LogP contribution is 2.26. The molecule has 0 radical (unpaired) electrons. The Morgan fingerprint density at radius 2 is 2.00 bits per heavy atom. The Kier molecular flexibility index (Phi) is 6.08. The van der Waals surface area contributed by atoms with Crippen molar-refractivity contribution in [3.63, 3.8) is 0 Å². The van der Waals surface area contributed by atoms with E-state index < -0.39 is 21.0 Å². The third kappa shape index (κ3) is 4.24. The van der Waals surface area contributed by atoms with Crippen molar-refractivity contribution < 1.29 is 13.2 Å². The van der Waals surface area contributed by atoms with Crippen LogP contribution in [0.2, 0.25) is 0 Å². The number of nitrogens with one attached hydrogen (secondary N) is 2. The average Bonchev–Trinajstić information content (AvgIpc) is 2.74. The Labute approximate surface area is 110 Å². The lowest BCUT2D eigenvalue weighted by molar-refractivity contribution is -0.118. The van der Waals surface area contributed by atoms with E-state index in [1.54, 1.807) is 6.92 Å². The first-order valence-electron chi connectivity index (χ1n) is 6.73. The van der Waals surface area contributed by atoms with Crippen LogP contribution in [0.4, 0.5) is 0 Å². The second-order valence-electron chi connectivity index (χ2n) is 4.79. The zero-order valence-corrected chi connectivity index (χ0v) is 12.1. The van der Waals surface area contributed by atoms with Crippen LogP contribution >= 0.6 is 0 Å². The minimum atomic E-state index is -3.34. The van der Waals surface area contributed by atoms with E-state index in [0.717, 1.165) is 25.8 Å². The summed E-state index contributed by atoms with van der Waals surface area (Å²) in [7, 11) is -3.34. The summed E-state index contributed by atoms with van der Waals surface area (Å²) < 4.78 is 24.4. The first-order valence-corrected chi connectivity index (χ1v) is 8.44. The van der Waals surface area contributed by atoms with Crippen molar-refractivity contribution in [3.8, 4) is 0 Å². The molecule has 2 atom stereocenters. The molecule has 1 aliphatic rings. The van der Waals surface area contributed by atoms with Gasteiger partial charge in [-0.15, -0.1) is 0 Å². The molecule has 0 aromatic heterocycles. The molecule has 1 rings (SSSR count). The fourth-order valence-electron chi connectivity index (χ4n) is 2.46. The van der Waals surface area contributed by atoms with Crippen LogP contribution in [-0.4, -0.2) is 44.5 Å². The van der Waals surface area contributed by atoms with Gasteiger partial charge in [-0.1, -0.05) is 13.3 Å². The Bertz CT molecular complexity index is 368. The van der Waals surface area contributed by atoms with Crippen molar-refractivity contribution >= 4 is 15.7 Å². The van der Waals surface area contributed by atoms with Gasteiger partial charge in [-0.3, -0.25) is 4.79 Å². The Morgan fingerprint density at radius 3 is 2.61 bits per heavy atom. The van der Waals surface area contributed by atoms with Crippen LogP contribution in [0.1, 0.15) is 39.5 Å². The topological polar surface area (TPSA) is 75.3 Å². The summed E-state index contributed by atoms with van der Waals surface area (Å²) in [5.41, 5.74) is 0. The fraction of sp³-hybridized carbons (Fsp3) is 0.917. The maximum atomic E-state index is 12.2. The molecule has 1 saturated carbocycles. The van der Waals surface area contributed by atoms with E-state index >= 15 is 0 Å². The molecule has 0 aromatic carbocycles. The SMILES string of the molecule is CCCNC1CCCC1S(=O)(=O)CC(=O)NCC. The molecule has 106 valence electrons. The first-order chi connectivity index (χ1) is 8.51. The molecular weight excluding hydrogens is 252 g/mol. The van der Waals surface area contributed by atoms with Crippen LogP contribution in [0.25, 0.3) is 0 Å². The van der Waals surface area contributed by atoms with E-state index in [4.69, 9.17) is 0 Å². The number of carbonyl (C=O) groups is 1. The van der Waals surface area contributed by atoms with Gasteiger partial charge >= 0.3 is 0 Å². The monoisotopic (exact) mass is 276 g/mol. The molecule has 0 spiro atoms. The molecular formula is C12H24N2O3S. The van der Waals surface area contributed by atoms with Gasteiger partial charge in [0.25, 0.3) is 0 Å². The molecule has 5 nitrogen and oxygen atoms in total. The molecule has 1 aliphatic carbocycles. The van der Waals surface area contributed by atoms with Crippen LogP contribution in [0, 0.1) is 0 Å². The van der Waals surface area contributed by atoms with Gasteiger partial charge in [0.05, 0.1) is 5.25 Å². The van der Waals surface area contributed by atoms with E-state index in [2.05, 4.69) is 17.6 Å². The molecule has 0 bridgehead atoms. The van der Waals surface area contributed by atoms with Crippen LogP contribution in [0.5, 0.6) is 0 Å². The maximum Gasteiger partial charge on any atom is 0.235 e. The van der Waals surface area contributed by atoms with E-state index in [0.29, 0.717) is 13.0 Å². The van der Waals surface area contributed by atoms with Crippen LogP contribution in [0.15, 0.2) is 0 Å². The maximum absolute atomic E-state index is 12.2. The predicted octanol–water partition coefficient (Wildman–Crippen LogP) is 0.458. The first kappa shape index (κ1) is 15.4. The number of hydrogen-bond acceptors (Lipinski definition) is 4. The lowest BCUT2D eigenvalue weighted by Gasteiger charge is -2.20. The van der Waals surface area contributed by atoms with Gasteiger partial charge in [0.2, 0.25) is 5.91 Å². The van der Waals surface area contributed by atoms with Gasteiger partial charge in [0.1, 0.15) is 5.75 Å². The number of carbonyl (C=O) groups excluding carboxylic acids is 1. The van der Waals surface area contributed by atoms with E-state index in [9.17, 15) is 13.2 Å². The molecule has 6 heteroatoms. The zero-order valence-electron chi connectivity index (χ0n) is 11.2. The van der Waals surface area contributed by atoms with Crippen LogP contribution in [-0.2, 0) is 14.6 Å². The molecule has 1 fully saturated rings. The van der Waals surface area contributed by atoms with Gasteiger partial charge in [0.15, 0.2) is 9.84 Å². The lowest BCUT2D eigenvalue weighted by atomic mass is 10.2. The second-order valence-corrected chi connectivity index (χ2v) is 7.01. The Hall–Kier alpha value is -0.620. The Morgan fingerprint density at radius 1 is 1.28 bits per heavy atom. The number of sulfone groups is 1. The van der Waals surface area contributed by atoms with Gasteiger partial charge < -0.3 is 10.6 Å². The van der Waals surface area contributed by atoms with Gasteiger partial charge in [-0.05, 0) is 32.7 Å². The van der Waals surface area contributed by atoms with E-state index in [1.165, 1.54) is 0 Å². The average molecular weight is 276 g/mol. The summed E-state index contributed by atoms with van der Waals surface area (Å²) in [4.78, 5) is 11.4. The number of amides is 1. The molecule has 0 aromatic rings. The highest BCUT2D eigenvalue weighted by molar-refractivity contribution is 7.92. The van der Waals surface area contributed by atoms with Gasteiger partial charge in [-0.2, -0.15) is 0 Å². The summed E-state index contributed by atoms with van der Waals surface area (Å²) in [5.74, 6) is -0.769. The smallest absolute Gasteiger partial charge is 0.235 e. The van der Waals surface area contributed by atoms with E-state index in [1.807, 2.05) is 0 Å². The number of hydrogen-bond donors (Lipinski definition) is 2. The highest BCUT2D eigenvalue weighted by atomic mass is 32.2. The predicted molar refractivity (Wildman–Crippen MR) is 72.2 cm³/mol. The van der Waals surface area contributed by atoms with Crippen LogP contribution < -0.4 is 10.6 Å². The van der Waals surface area contributed by atoms with Crippen molar-refractivity contribution in [2.45, 2.75) is 50.8 Å².